The van der Waals surface area contributed by atoms with Crippen molar-refractivity contribution < 1.29 is 29.3 Å². The molecule has 2 amide bonds. The van der Waals surface area contributed by atoms with E-state index in [0.29, 0.717) is 17.0 Å². The molecule has 1 heterocycles. The first-order chi connectivity index (χ1) is 17.0. The zero-order chi connectivity index (χ0) is 24.4. The van der Waals surface area contributed by atoms with Crippen LogP contribution in [0.2, 0.25) is 0 Å². The zero-order valence-electron chi connectivity index (χ0n) is 18.9. The fraction of sp³-hybridized carbons (Fsp3) is 0.259. The Balaban J connectivity index is 1.12. The summed E-state index contributed by atoms with van der Waals surface area (Å²) in [6.07, 6.45) is -2.74. The Morgan fingerprint density at radius 2 is 1.74 bits per heavy atom. The van der Waals surface area contributed by atoms with E-state index in [1.54, 1.807) is 18.2 Å². The predicted octanol–water partition coefficient (Wildman–Crippen LogP) is 3.34. The van der Waals surface area contributed by atoms with E-state index in [4.69, 9.17) is 9.47 Å². The average molecular weight is 475 g/mol. The van der Waals surface area contributed by atoms with Crippen LogP contribution in [0.1, 0.15) is 35.1 Å². The number of benzene rings is 3. The molecule has 0 spiro atoms. The number of nitrogens with one attached hydrogen (secondary N) is 2. The summed E-state index contributed by atoms with van der Waals surface area (Å²) in [6, 6.07) is 21.0. The summed E-state index contributed by atoms with van der Waals surface area (Å²) in [5.41, 5.74) is 5.55. The first kappa shape index (κ1) is 22.9. The van der Waals surface area contributed by atoms with Crippen molar-refractivity contribution in [2.45, 2.75) is 24.5 Å². The number of amides is 2. The molecule has 8 heteroatoms. The molecule has 180 valence electrons. The predicted molar refractivity (Wildman–Crippen MR) is 129 cm³/mol. The summed E-state index contributed by atoms with van der Waals surface area (Å²) in [4.78, 5) is 23.7. The van der Waals surface area contributed by atoms with Gasteiger partial charge in [0.05, 0.1) is 11.8 Å². The van der Waals surface area contributed by atoms with Gasteiger partial charge < -0.3 is 30.3 Å². The second-order valence-electron chi connectivity index (χ2n) is 8.65. The highest BCUT2D eigenvalue weighted by atomic mass is 16.5. The molecule has 0 bridgehead atoms. The highest BCUT2D eigenvalue weighted by molar-refractivity contribution is 5.95. The van der Waals surface area contributed by atoms with E-state index in [1.807, 2.05) is 24.3 Å². The van der Waals surface area contributed by atoms with Crippen LogP contribution in [0.15, 0.2) is 66.7 Å². The van der Waals surface area contributed by atoms with Crippen molar-refractivity contribution in [1.82, 2.24) is 5.32 Å². The minimum absolute atomic E-state index is 0.0310. The molecule has 1 aliphatic carbocycles. The molecule has 3 aromatic rings. The lowest BCUT2D eigenvalue weighted by molar-refractivity contribution is -0.118. The van der Waals surface area contributed by atoms with Crippen molar-refractivity contribution >= 4 is 17.7 Å². The number of aliphatic hydroxyl groups excluding tert-OH is 2. The number of fused-ring (bicyclic) bond motifs is 4. The first-order valence-electron chi connectivity index (χ1n) is 11.5. The molecule has 0 aromatic heterocycles. The Bertz CT molecular complexity index is 1210. The van der Waals surface area contributed by atoms with E-state index < -0.39 is 18.3 Å². The molecule has 0 saturated heterocycles. The molecule has 3 aromatic carbocycles. The molecule has 2 aliphatic rings. The van der Waals surface area contributed by atoms with Crippen molar-refractivity contribution in [2.24, 2.45) is 0 Å². The van der Waals surface area contributed by atoms with Crippen LogP contribution in [0.3, 0.4) is 0 Å². The molecule has 8 nitrogen and oxygen atoms in total. The number of ether oxygens (including phenoxy) is 2. The van der Waals surface area contributed by atoms with Gasteiger partial charge in [0, 0.05) is 12.5 Å². The monoisotopic (exact) mass is 474 g/mol. The van der Waals surface area contributed by atoms with E-state index in [-0.39, 0.29) is 38.0 Å². The summed E-state index contributed by atoms with van der Waals surface area (Å²) in [5.74, 6) is 0.159. The van der Waals surface area contributed by atoms with Crippen LogP contribution >= 0.6 is 0 Å². The smallest absolute Gasteiger partial charge is 0.407 e. The van der Waals surface area contributed by atoms with Crippen molar-refractivity contribution in [2.75, 3.05) is 25.1 Å². The van der Waals surface area contributed by atoms with Crippen LogP contribution in [0.5, 0.6) is 5.75 Å². The minimum atomic E-state index is -1.18. The number of carbonyl (C=O) groups is 2. The molecule has 0 saturated carbocycles. The van der Waals surface area contributed by atoms with Gasteiger partial charge in [-0.15, -0.1) is 0 Å². The molecule has 1 aliphatic heterocycles. The Hall–Kier alpha value is -3.88. The number of rotatable bonds is 7. The Kier molecular flexibility index (Phi) is 6.39. The third-order valence-corrected chi connectivity index (χ3v) is 6.40. The third-order valence-electron chi connectivity index (χ3n) is 6.40. The maximum atomic E-state index is 12.3. The van der Waals surface area contributed by atoms with Gasteiger partial charge in [-0.1, -0.05) is 54.6 Å². The number of aliphatic hydroxyl groups is 2. The molecule has 4 N–H and O–H groups in total. The molecule has 5 rings (SSSR count). The fourth-order valence-corrected chi connectivity index (χ4v) is 4.63. The Morgan fingerprint density at radius 1 is 1.06 bits per heavy atom. The summed E-state index contributed by atoms with van der Waals surface area (Å²) >= 11 is 0. The Morgan fingerprint density at radius 3 is 2.46 bits per heavy atom. The fourth-order valence-electron chi connectivity index (χ4n) is 4.63. The number of alkyl carbamates (subject to hydrolysis) is 1. The highest BCUT2D eigenvalue weighted by Crippen LogP contribution is 2.44. The van der Waals surface area contributed by atoms with E-state index in [2.05, 4.69) is 34.9 Å². The Labute approximate surface area is 202 Å². The largest absolute Gasteiger partial charge is 0.482 e. The second kappa shape index (κ2) is 9.77. The lowest BCUT2D eigenvalue weighted by Gasteiger charge is -2.22. The van der Waals surface area contributed by atoms with Gasteiger partial charge in [-0.3, -0.25) is 4.79 Å². The van der Waals surface area contributed by atoms with E-state index in [1.165, 1.54) is 0 Å². The van der Waals surface area contributed by atoms with Gasteiger partial charge in [0.25, 0.3) is 5.91 Å². The van der Waals surface area contributed by atoms with Crippen molar-refractivity contribution in [1.29, 1.82) is 0 Å². The lowest BCUT2D eigenvalue weighted by Crippen LogP contribution is -2.31. The molecular weight excluding hydrogens is 448 g/mol. The van der Waals surface area contributed by atoms with Gasteiger partial charge in [-0.05, 0) is 46.4 Å². The van der Waals surface area contributed by atoms with Crippen LogP contribution in [-0.2, 0) is 9.53 Å². The molecule has 0 radical (unpaired) electrons. The molecule has 0 fully saturated rings. The number of hydrogen-bond donors (Lipinski definition) is 4. The number of hydrogen-bond acceptors (Lipinski definition) is 6. The molecule has 2 atom stereocenters. The van der Waals surface area contributed by atoms with Crippen LogP contribution in [0.4, 0.5) is 10.5 Å². The van der Waals surface area contributed by atoms with Gasteiger partial charge in [-0.25, -0.2) is 4.79 Å². The van der Waals surface area contributed by atoms with Crippen molar-refractivity contribution in [3.05, 3.63) is 83.4 Å². The summed E-state index contributed by atoms with van der Waals surface area (Å²) in [5, 5.41) is 26.2. The molecular formula is C27H26N2O6. The number of carbonyl (C=O) groups excluding carboxylic acids is 2. The first-order valence-corrected chi connectivity index (χ1v) is 11.5. The standard InChI is InChI=1S/C27H26N2O6/c30-23(26(32)16-9-10-22-24(13-16)34-15-25(31)29-22)11-12-28-27(33)35-14-21-19-7-3-1-5-17(19)18-6-2-4-8-20(18)21/h1-10,13,21,23,26,30,32H,11-12,14-15H2,(H,28,33)(H,29,31). The highest BCUT2D eigenvalue weighted by Gasteiger charge is 2.29. The van der Waals surface area contributed by atoms with E-state index in [0.717, 1.165) is 22.3 Å². The summed E-state index contributed by atoms with van der Waals surface area (Å²) in [6.45, 7) is 0.238. The maximum absolute atomic E-state index is 12.3. The van der Waals surface area contributed by atoms with Gasteiger partial charge in [0.2, 0.25) is 0 Å². The topological polar surface area (TPSA) is 117 Å². The SMILES string of the molecule is O=C1COc2cc(C(O)C(O)CCNC(=O)OCC3c4ccccc4-c4ccccc43)ccc2N1. The van der Waals surface area contributed by atoms with Gasteiger partial charge in [0.1, 0.15) is 18.5 Å². The van der Waals surface area contributed by atoms with Crippen molar-refractivity contribution in [3.8, 4) is 16.9 Å². The quantitative estimate of drug-likeness (QED) is 0.417. The summed E-state index contributed by atoms with van der Waals surface area (Å²) < 4.78 is 10.8. The second-order valence-corrected chi connectivity index (χ2v) is 8.65. The maximum Gasteiger partial charge on any atom is 0.407 e. The minimum Gasteiger partial charge on any atom is -0.482 e. The lowest BCUT2D eigenvalue weighted by atomic mass is 9.98. The third kappa shape index (κ3) is 4.71. The van der Waals surface area contributed by atoms with Crippen molar-refractivity contribution in [3.63, 3.8) is 0 Å². The van der Waals surface area contributed by atoms with Crippen LogP contribution in [-0.4, -0.2) is 48.1 Å². The van der Waals surface area contributed by atoms with Crippen LogP contribution in [0, 0.1) is 0 Å². The van der Waals surface area contributed by atoms with Gasteiger partial charge >= 0.3 is 6.09 Å². The van der Waals surface area contributed by atoms with Gasteiger partial charge in [-0.2, -0.15) is 0 Å². The molecule has 35 heavy (non-hydrogen) atoms. The normalized spacial score (nSPS) is 15.7. The average Bonchev–Trinajstić information content (AvgIpc) is 3.20. The number of anilines is 1. The molecule has 2 unspecified atom stereocenters. The van der Waals surface area contributed by atoms with E-state index >= 15 is 0 Å². The van der Waals surface area contributed by atoms with E-state index in [9.17, 15) is 19.8 Å². The summed E-state index contributed by atoms with van der Waals surface area (Å²) in [7, 11) is 0. The van der Waals surface area contributed by atoms with Gasteiger partial charge in [0.15, 0.2) is 6.61 Å². The van der Waals surface area contributed by atoms with Crippen LogP contribution in [0.25, 0.3) is 11.1 Å². The zero-order valence-corrected chi connectivity index (χ0v) is 18.9. The van der Waals surface area contributed by atoms with Crippen LogP contribution < -0.4 is 15.4 Å².